The van der Waals surface area contributed by atoms with Gasteiger partial charge in [-0.15, -0.1) is 0 Å². The number of carboxylic acids is 1. The van der Waals surface area contributed by atoms with Crippen molar-refractivity contribution in [2.24, 2.45) is 0 Å². The molecule has 0 aromatic heterocycles. The number of carbonyl (C=O) groups is 1. The monoisotopic (exact) mass is 172 g/mol. The number of rotatable bonds is 2. The molecule has 1 fully saturated rings. The molecule has 11 heavy (non-hydrogen) atoms. The van der Waals surface area contributed by atoms with Crippen LogP contribution in [0.2, 0.25) is 0 Å². The Morgan fingerprint density at radius 1 is 1.55 bits per heavy atom. The van der Waals surface area contributed by atoms with Crippen LogP contribution in [0.25, 0.3) is 0 Å². The molecule has 62 valence electrons. The second-order valence-corrected chi connectivity index (χ2v) is 3.95. The largest absolute Gasteiger partial charge is 0.478 e. The molecule has 0 aromatic carbocycles. The van der Waals surface area contributed by atoms with Crippen LogP contribution in [0.1, 0.15) is 19.3 Å². The Morgan fingerprint density at radius 2 is 2.36 bits per heavy atom. The van der Waals surface area contributed by atoms with E-state index in [1.54, 1.807) is 6.08 Å². The third-order valence-electron chi connectivity index (χ3n) is 1.67. The van der Waals surface area contributed by atoms with Crippen LogP contribution in [-0.4, -0.2) is 22.1 Å². The SMILES string of the molecule is O=C(O)/C=C/C1CCCCS1. The summed E-state index contributed by atoms with van der Waals surface area (Å²) in [5, 5.41) is 8.79. The maximum Gasteiger partial charge on any atom is 0.328 e. The smallest absolute Gasteiger partial charge is 0.328 e. The molecule has 1 aliphatic heterocycles. The van der Waals surface area contributed by atoms with E-state index in [1.165, 1.54) is 24.7 Å². The highest BCUT2D eigenvalue weighted by Crippen LogP contribution is 2.25. The summed E-state index contributed by atoms with van der Waals surface area (Å²) >= 11 is 1.86. The number of hydrogen-bond acceptors (Lipinski definition) is 2. The Labute approximate surface area is 70.7 Å². The molecule has 2 nitrogen and oxygen atoms in total. The van der Waals surface area contributed by atoms with E-state index < -0.39 is 5.97 Å². The molecule has 0 spiro atoms. The van der Waals surface area contributed by atoms with Crippen LogP contribution >= 0.6 is 11.8 Å². The Bertz CT molecular complexity index is 159. The van der Waals surface area contributed by atoms with Crippen LogP contribution < -0.4 is 0 Å². The van der Waals surface area contributed by atoms with E-state index in [-0.39, 0.29) is 0 Å². The van der Waals surface area contributed by atoms with Gasteiger partial charge in [0.25, 0.3) is 0 Å². The molecule has 1 rings (SSSR count). The molecule has 1 N–H and O–H groups in total. The fraction of sp³-hybridized carbons (Fsp3) is 0.625. The van der Waals surface area contributed by atoms with Crippen LogP contribution in [0.15, 0.2) is 12.2 Å². The van der Waals surface area contributed by atoms with Gasteiger partial charge in [0.2, 0.25) is 0 Å². The van der Waals surface area contributed by atoms with Gasteiger partial charge in [-0.25, -0.2) is 4.79 Å². The maximum atomic E-state index is 10.1. The molecule has 0 aromatic rings. The molecule has 1 atom stereocenters. The normalized spacial score (nSPS) is 25.6. The quantitative estimate of drug-likeness (QED) is 0.646. The highest BCUT2D eigenvalue weighted by Gasteiger charge is 2.10. The van der Waals surface area contributed by atoms with Crippen molar-refractivity contribution in [2.45, 2.75) is 24.5 Å². The van der Waals surface area contributed by atoms with Gasteiger partial charge in [0.05, 0.1) is 0 Å². The summed E-state index contributed by atoms with van der Waals surface area (Å²) in [6.07, 6.45) is 6.70. The minimum atomic E-state index is -0.837. The summed E-state index contributed by atoms with van der Waals surface area (Å²) < 4.78 is 0. The zero-order valence-electron chi connectivity index (χ0n) is 6.32. The summed E-state index contributed by atoms with van der Waals surface area (Å²) in [7, 11) is 0. The first-order valence-electron chi connectivity index (χ1n) is 3.82. The lowest BCUT2D eigenvalue weighted by molar-refractivity contribution is -0.131. The van der Waals surface area contributed by atoms with Crippen LogP contribution in [0.4, 0.5) is 0 Å². The molecular formula is C8H12O2S. The summed E-state index contributed by atoms with van der Waals surface area (Å²) in [6, 6.07) is 0. The first-order valence-corrected chi connectivity index (χ1v) is 4.86. The topological polar surface area (TPSA) is 37.3 Å². The van der Waals surface area contributed by atoms with E-state index in [1.807, 2.05) is 11.8 Å². The minimum Gasteiger partial charge on any atom is -0.478 e. The van der Waals surface area contributed by atoms with Crippen molar-refractivity contribution in [3.8, 4) is 0 Å². The minimum absolute atomic E-state index is 0.444. The third-order valence-corrected chi connectivity index (χ3v) is 3.01. The molecule has 0 aliphatic carbocycles. The van der Waals surface area contributed by atoms with Gasteiger partial charge in [0, 0.05) is 11.3 Å². The van der Waals surface area contributed by atoms with Crippen molar-refractivity contribution in [1.82, 2.24) is 0 Å². The molecule has 1 aliphatic rings. The molecule has 0 amide bonds. The van der Waals surface area contributed by atoms with Crippen LogP contribution in [0.5, 0.6) is 0 Å². The van der Waals surface area contributed by atoms with Crippen molar-refractivity contribution in [2.75, 3.05) is 5.75 Å². The molecular weight excluding hydrogens is 160 g/mol. The predicted molar refractivity (Wildman–Crippen MR) is 46.9 cm³/mol. The van der Waals surface area contributed by atoms with Gasteiger partial charge in [0.15, 0.2) is 0 Å². The van der Waals surface area contributed by atoms with Crippen molar-refractivity contribution >= 4 is 17.7 Å². The zero-order chi connectivity index (χ0) is 8.10. The maximum absolute atomic E-state index is 10.1. The zero-order valence-corrected chi connectivity index (χ0v) is 7.14. The van der Waals surface area contributed by atoms with Gasteiger partial charge in [-0.2, -0.15) is 11.8 Å². The fourth-order valence-corrected chi connectivity index (χ4v) is 2.30. The molecule has 1 unspecified atom stereocenters. The average molecular weight is 172 g/mol. The highest BCUT2D eigenvalue weighted by molar-refractivity contribution is 8.00. The number of aliphatic carboxylic acids is 1. The predicted octanol–water partition coefficient (Wildman–Crippen LogP) is 1.91. The number of thioether (sulfide) groups is 1. The summed E-state index contributed by atoms with van der Waals surface area (Å²) in [4.78, 5) is 10.1. The van der Waals surface area contributed by atoms with Crippen molar-refractivity contribution in [3.05, 3.63) is 12.2 Å². The molecule has 0 bridgehead atoms. The Hall–Kier alpha value is -0.440. The van der Waals surface area contributed by atoms with E-state index in [9.17, 15) is 4.79 Å². The third kappa shape index (κ3) is 3.46. The first kappa shape index (κ1) is 8.65. The molecule has 3 heteroatoms. The summed E-state index contributed by atoms with van der Waals surface area (Å²) in [5.74, 6) is 0.338. The molecule has 1 heterocycles. The van der Waals surface area contributed by atoms with E-state index in [0.717, 1.165) is 6.42 Å². The van der Waals surface area contributed by atoms with Gasteiger partial charge in [-0.1, -0.05) is 12.5 Å². The van der Waals surface area contributed by atoms with Crippen molar-refractivity contribution in [3.63, 3.8) is 0 Å². The van der Waals surface area contributed by atoms with E-state index in [0.29, 0.717) is 5.25 Å². The lowest BCUT2D eigenvalue weighted by Crippen LogP contribution is -2.06. The van der Waals surface area contributed by atoms with Gasteiger partial charge >= 0.3 is 5.97 Å². The highest BCUT2D eigenvalue weighted by atomic mass is 32.2. The lowest BCUT2D eigenvalue weighted by Gasteiger charge is -2.16. The standard InChI is InChI=1S/C8H12O2S/c9-8(10)5-4-7-3-1-2-6-11-7/h4-5,7H,1-3,6H2,(H,9,10)/b5-4+. The fourth-order valence-electron chi connectivity index (χ4n) is 1.11. The average Bonchev–Trinajstić information content (AvgIpc) is 2.03. The Kier molecular flexibility index (Phi) is 3.49. The molecule has 1 saturated heterocycles. The second kappa shape index (κ2) is 4.44. The van der Waals surface area contributed by atoms with Gasteiger partial charge in [-0.3, -0.25) is 0 Å². The van der Waals surface area contributed by atoms with Gasteiger partial charge in [0.1, 0.15) is 0 Å². The van der Waals surface area contributed by atoms with Gasteiger partial charge < -0.3 is 5.11 Å². The Morgan fingerprint density at radius 3 is 2.91 bits per heavy atom. The van der Waals surface area contributed by atoms with Gasteiger partial charge in [-0.05, 0) is 18.6 Å². The van der Waals surface area contributed by atoms with Crippen LogP contribution in [0.3, 0.4) is 0 Å². The van der Waals surface area contributed by atoms with Crippen molar-refractivity contribution in [1.29, 1.82) is 0 Å². The molecule has 0 radical (unpaired) electrons. The summed E-state index contributed by atoms with van der Waals surface area (Å²) in [6.45, 7) is 0. The van der Waals surface area contributed by atoms with E-state index in [2.05, 4.69) is 0 Å². The van der Waals surface area contributed by atoms with E-state index in [4.69, 9.17) is 5.11 Å². The van der Waals surface area contributed by atoms with Crippen LogP contribution in [0, 0.1) is 0 Å². The van der Waals surface area contributed by atoms with E-state index >= 15 is 0 Å². The number of hydrogen-bond donors (Lipinski definition) is 1. The Balaban J connectivity index is 2.29. The summed E-state index contributed by atoms with van der Waals surface area (Å²) in [5.41, 5.74) is 0. The molecule has 0 saturated carbocycles. The lowest BCUT2D eigenvalue weighted by atomic mass is 10.2. The first-order chi connectivity index (χ1) is 5.29. The second-order valence-electron chi connectivity index (χ2n) is 2.60. The van der Waals surface area contributed by atoms with Crippen LogP contribution in [-0.2, 0) is 4.79 Å². The van der Waals surface area contributed by atoms with Crippen molar-refractivity contribution < 1.29 is 9.90 Å². The number of carboxylic acid groups (broad SMARTS) is 1.